The average Bonchev–Trinajstić information content (AvgIpc) is 2.64. The summed E-state index contributed by atoms with van der Waals surface area (Å²) in [4.78, 5) is 26.4. The van der Waals surface area contributed by atoms with Gasteiger partial charge in [0.25, 0.3) is 11.8 Å². The highest BCUT2D eigenvalue weighted by atomic mass is 35.5. The van der Waals surface area contributed by atoms with Gasteiger partial charge in [0.2, 0.25) is 0 Å². The summed E-state index contributed by atoms with van der Waals surface area (Å²) in [6.45, 7) is 6.75. The minimum absolute atomic E-state index is 0. The molecule has 152 valence electrons. The van der Waals surface area contributed by atoms with Crippen LogP contribution in [-0.2, 0) is 4.79 Å². The summed E-state index contributed by atoms with van der Waals surface area (Å²) in [5.41, 5.74) is 7.80. The highest BCUT2D eigenvalue weighted by molar-refractivity contribution is 5.94. The molecule has 3 N–H and O–H groups in total. The Morgan fingerprint density at radius 2 is 1.74 bits per heavy atom. The largest absolute Gasteiger partial charge is 0.483 e. The first-order chi connectivity index (χ1) is 12.5. The number of hydrogen-bond donors (Lipinski definition) is 2. The molecule has 0 aliphatic carbocycles. The monoisotopic (exact) mass is 397 g/mol. The summed E-state index contributed by atoms with van der Waals surface area (Å²) in [7, 11) is 0. The highest BCUT2D eigenvalue weighted by Crippen LogP contribution is 2.25. The molecule has 0 saturated carbocycles. The lowest BCUT2D eigenvalue weighted by molar-refractivity contribution is -0.134. The Hall–Kier alpha value is -1.79. The number of ether oxygens (including phenoxy) is 1. The Balaban J connectivity index is 0.00000364. The van der Waals surface area contributed by atoms with Crippen LogP contribution < -0.4 is 15.8 Å². The van der Waals surface area contributed by atoms with Crippen molar-refractivity contribution in [2.24, 2.45) is 5.73 Å². The van der Waals surface area contributed by atoms with Gasteiger partial charge >= 0.3 is 0 Å². The third-order valence-corrected chi connectivity index (χ3v) is 4.69. The summed E-state index contributed by atoms with van der Waals surface area (Å²) in [6.07, 6.45) is 5.10. The fourth-order valence-corrected chi connectivity index (χ4v) is 3.25. The number of halogens is 1. The van der Waals surface area contributed by atoms with E-state index in [1.807, 2.05) is 30.9 Å². The predicted molar refractivity (Wildman–Crippen MR) is 110 cm³/mol. The molecule has 6 nitrogen and oxygen atoms in total. The molecule has 1 heterocycles. The minimum atomic E-state index is -0.0934. The van der Waals surface area contributed by atoms with Crippen LogP contribution in [0.4, 0.5) is 0 Å². The van der Waals surface area contributed by atoms with Crippen molar-refractivity contribution in [2.45, 2.75) is 46.0 Å². The maximum atomic E-state index is 12.3. The first-order valence-corrected chi connectivity index (χ1v) is 9.53. The molecule has 1 aliphatic heterocycles. The molecular weight excluding hydrogens is 366 g/mol. The Morgan fingerprint density at radius 3 is 2.33 bits per heavy atom. The van der Waals surface area contributed by atoms with Crippen molar-refractivity contribution in [1.29, 1.82) is 0 Å². The van der Waals surface area contributed by atoms with Crippen LogP contribution >= 0.6 is 12.4 Å². The molecule has 0 radical (unpaired) electrons. The van der Waals surface area contributed by atoms with Crippen molar-refractivity contribution in [3.63, 3.8) is 0 Å². The molecule has 2 amide bonds. The highest BCUT2D eigenvalue weighted by Gasteiger charge is 2.18. The normalized spacial score (nSPS) is 13.7. The number of nitrogens with zero attached hydrogens (tertiary/aromatic N) is 1. The second-order valence-corrected chi connectivity index (χ2v) is 6.92. The molecule has 0 bridgehead atoms. The molecule has 1 aromatic carbocycles. The lowest BCUT2D eigenvalue weighted by Gasteiger charge is -2.26. The SMILES string of the molecule is Cc1cc(C(=O)NCCCCN)cc(C)c1OCC(=O)N1CCCCC1.Cl. The van der Waals surface area contributed by atoms with Crippen molar-refractivity contribution < 1.29 is 14.3 Å². The van der Waals surface area contributed by atoms with E-state index < -0.39 is 0 Å². The zero-order chi connectivity index (χ0) is 18.9. The van der Waals surface area contributed by atoms with Gasteiger partial charge in [-0.2, -0.15) is 0 Å². The molecule has 0 atom stereocenters. The van der Waals surface area contributed by atoms with Crippen LogP contribution in [-0.4, -0.2) is 49.5 Å². The number of nitrogens with one attached hydrogen (secondary N) is 1. The van der Waals surface area contributed by atoms with E-state index in [2.05, 4.69) is 5.32 Å². The van der Waals surface area contributed by atoms with Crippen LogP contribution in [0.5, 0.6) is 5.75 Å². The van der Waals surface area contributed by atoms with Crippen LogP contribution in [0.1, 0.15) is 53.6 Å². The van der Waals surface area contributed by atoms with Gasteiger partial charge in [-0.3, -0.25) is 9.59 Å². The summed E-state index contributed by atoms with van der Waals surface area (Å²) < 4.78 is 5.79. The van der Waals surface area contributed by atoms with Crippen LogP contribution in [0.2, 0.25) is 0 Å². The summed E-state index contributed by atoms with van der Waals surface area (Å²) in [5, 5.41) is 2.90. The van der Waals surface area contributed by atoms with Gasteiger partial charge in [0.05, 0.1) is 0 Å². The Morgan fingerprint density at radius 1 is 1.11 bits per heavy atom. The molecule has 1 aliphatic rings. The number of likely N-dealkylation sites (tertiary alicyclic amines) is 1. The van der Waals surface area contributed by atoms with E-state index in [0.29, 0.717) is 24.4 Å². The number of piperidine rings is 1. The predicted octanol–water partition coefficient (Wildman–Crippen LogP) is 2.59. The van der Waals surface area contributed by atoms with Gasteiger partial charge in [-0.05, 0) is 75.8 Å². The van der Waals surface area contributed by atoms with E-state index in [1.54, 1.807) is 0 Å². The Kier molecular flexibility index (Phi) is 10.2. The third-order valence-electron chi connectivity index (χ3n) is 4.69. The third kappa shape index (κ3) is 7.03. The van der Waals surface area contributed by atoms with Crippen molar-refractivity contribution in [3.05, 3.63) is 28.8 Å². The summed E-state index contributed by atoms with van der Waals surface area (Å²) in [5.74, 6) is 0.629. The maximum Gasteiger partial charge on any atom is 0.260 e. The number of carbonyl (C=O) groups is 2. The lowest BCUT2D eigenvalue weighted by Crippen LogP contribution is -2.38. The number of nitrogens with two attached hydrogens (primary N) is 1. The fraction of sp³-hybridized carbons (Fsp3) is 0.600. The van der Waals surface area contributed by atoms with Crippen molar-refractivity contribution in [2.75, 3.05) is 32.8 Å². The molecule has 7 heteroatoms. The van der Waals surface area contributed by atoms with Crippen LogP contribution in [0.15, 0.2) is 12.1 Å². The van der Waals surface area contributed by atoms with Gasteiger partial charge in [0.1, 0.15) is 5.75 Å². The first kappa shape index (κ1) is 23.2. The van der Waals surface area contributed by atoms with Gasteiger partial charge < -0.3 is 20.7 Å². The van der Waals surface area contributed by atoms with E-state index >= 15 is 0 Å². The zero-order valence-electron chi connectivity index (χ0n) is 16.4. The molecule has 0 spiro atoms. The first-order valence-electron chi connectivity index (χ1n) is 9.53. The van der Waals surface area contributed by atoms with Gasteiger partial charge in [-0.15, -0.1) is 12.4 Å². The lowest BCUT2D eigenvalue weighted by atomic mass is 10.0. The van der Waals surface area contributed by atoms with E-state index in [9.17, 15) is 9.59 Å². The number of rotatable bonds is 8. The van der Waals surface area contributed by atoms with Crippen molar-refractivity contribution in [3.8, 4) is 5.75 Å². The van der Waals surface area contributed by atoms with Gasteiger partial charge in [-0.1, -0.05) is 0 Å². The number of benzene rings is 1. The Labute approximate surface area is 168 Å². The number of aryl methyl sites for hydroxylation is 2. The van der Waals surface area contributed by atoms with E-state index in [-0.39, 0.29) is 30.8 Å². The topological polar surface area (TPSA) is 84.7 Å². The van der Waals surface area contributed by atoms with Gasteiger partial charge in [0, 0.05) is 25.2 Å². The van der Waals surface area contributed by atoms with E-state index in [1.165, 1.54) is 6.42 Å². The number of amides is 2. The standard InChI is InChI=1S/C20H31N3O3.ClH/c1-15-12-17(20(25)22-9-5-4-8-21)13-16(2)19(15)26-14-18(24)23-10-6-3-7-11-23;/h12-13H,3-11,14,21H2,1-2H3,(H,22,25);1H. The fourth-order valence-electron chi connectivity index (χ4n) is 3.25. The zero-order valence-corrected chi connectivity index (χ0v) is 17.2. The van der Waals surface area contributed by atoms with Crippen LogP contribution in [0.3, 0.4) is 0 Å². The minimum Gasteiger partial charge on any atom is -0.483 e. The molecule has 1 saturated heterocycles. The molecule has 0 aromatic heterocycles. The van der Waals surface area contributed by atoms with Crippen molar-refractivity contribution in [1.82, 2.24) is 10.2 Å². The second kappa shape index (κ2) is 11.8. The smallest absolute Gasteiger partial charge is 0.260 e. The number of carbonyl (C=O) groups excluding carboxylic acids is 2. The van der Waals surface area contributed by atoms with Gasteiger partial charge in [0.15, 0.2) is 6.61 Å². The van der Waals surface area contributed by atoms with E-state index in [4.69, 9.17) is 10.5 Å². The molecule has 1 fully saturated rings. The molecule has 0 unspecified atom stereocenters. The van der Waals surface area contributed by atoms with Crippen LogP contribution in [0, 0.1) is 13.8 Å². The van der Waals surface area contributed by atoms with Crippen LogP contribution in [0.25, 0.3) is 0 Å². The second-order valence-electron chi connectivity index (χ2n) is 6.92. The summed E-state index contributed by atoms with van der Waals surface area (Å²) >= 11 is 0. The number of hydrogen-bond acceptors (Lipinski definition) is 4. The van der Waals surface area contributed by atoms with E-state index in [0.717, 1.165) is 49.9 Å². The maximum absolute atomic E-state index is 12.3. The molecule has 27 heavy (non-hydrogen) atoms. The average molecular weight is 398 g/mol. The Bertz CT molecular complexity index is 608. The molecular formula is C20H32ClN3O3. The quantitative estimate of drug-likeness (QED) is 0.660. The molecule has 2 rings (SSSR count). The van der Waals surface area contributed by atoms with Gasteiger partial charge in [-0.25, -0.2) is 0 Å². The van der Waals surface area contributed by atoms with Crippen molar-refractivity contribution >= 4 is 24.2 Å². The summed E-state index contributed by atoms with van der Waals surface area (Å²) in [6, 6.07) is 3.62. The molecule has 1 aromatic rings. The number of unbranched alkanes of at least 4 members (excludes halogenated alkanes) is 1.